The van der Waals surface area contributed by atoms with Crippen molar-refractivity contribution < 1.29 is 23.5 Å². The van der Waals surface area contributed by atoms with E-state index in [1.807, 2.05) is 0 Å². The average Bonchev–Trinajstić information content (AvgIpc) is 3.35. The number of carboxylic acids is 1. The summed E-state index contributed by atoms with van der Waals surface area (Å²) in [6.07, 6.45) is 8.33. The number of ketones is 1. The Morgan fingerprint density at radius 2 is 1.80 bits per heavy atom. The van der Waals surface area contributed by atoms with Gasteiger partial charge >= 0.3 is 5.97 Å². The molecule has 1 aliphatic carbocycles. The molecule has 4 aromatic rings. The lowest BCUT2D eigenvalue weighted by Crippen LogP contribution is -2.21. The van der Waals surface area contributed by atoms with Gasteiger partial charge in [0.15, 0.2) is 17.4 Å². The Labute approximate surface area is 236 Å². The lowest BCUT2D eigenvalue weighted by atomic mass is 9.75. The van der Waals surface area contributed by atoms with Gasteiger partial charge in [-0.3, -0.25) is 4.79 Å². The first-order valence-electron chi connectivity index (χ1n) is 13.8. The predicted molar refractivity (Wildman–Crippen MR) is 153 cm³/mol. The van der Waals surface area contributed by atoms with E-state index in [0.29, 0.717) is 46.0 Å². The quantitative estimate of drug-likeness (QED) is 0.199. The molecule has 1 fully saturated rings. The largest absolute Gasteiger partial charge is 0.478 e. The number of aromatic amines is 1. The second kappa shape index (κ2) is 11.9. The summed E-state index contributed by atoms with van der Waals surface area (Å²) in [4.78, 5) is 33.3. The minimum atomic E-state index is -1.19. The van der Waals surface area contributed by atoms with Crippen molar-refractivity contribution in [1.29, 1.82) is 0 Å². The minimum absolute atomic E-state index is 0.0567. The van der Waals surface area contributed by atoms with Gasteiger partial charge in [-0.15, -0.1) is 0 Å². The third-order valence-corrected chi connectivity index (χ3v) is 8.37. The molecule has 1 heterocycles. The molecule has 3 aromatic carbocycles. The summed E-state index contributed by atoms with van der Waals surface area (Å²) >= 11 is 6.61. The van der Waals surface area contributed by atoms with E-state index < -0.39 is 17.6 Å². The number of halogens is 3. The van der Waals surface area contributed by atoms with Gasteiger partial charge < -0.3 is 10.1 Å². The van der Waals surface area contributed by atoms with Crippen molar-refractivity contribution in [3.63, 3.8) is 0 Å². The number of carboxylic acid groups (broad SMARTS) is 1. The van der Waals surface area contributed by atoms with Crippen molar-refractivity contribution >= 4 is 34.4 Å². The van der Waals surface area contributed by atoms with E-state index in [-0.39, 0.29) is 27.7 Å². The lowest BCUT2D eigenvalue weighted by Gasteiger charge is -2.30. The van der Waals surface area contributed by atoms with Crippen LogP contribution >= 0.6 is 11.6 Å². The number of carbonyl (C=O) groups is 2. The minimum Gasteiger partial charge on any atom is -0.478 e. The van der Waals surface area contributed by atoms with Gasteiger partial charge in [0.05, 0.1) is 16.6 Å². The number of Topliss-reactive ketones (excluding diaryl/α,β-unsaturated/α-hetero) is 1. The van der Waals surface area contributed by atoms with Gasteiger partial charge in [-0.05, 0) is 29.5 Å². The zero-order valence-corrected chi connectivity index (χ0v) is 23.0. The van der Waals surface area contributed by atoms with Crippen LogP contribution in [0, 0.1) is 23.5 Å². The highest BCUT2D eigenvalue weighted by Crippen LogP contribution is 2.40. The Kier molecular flexibility index (Phi) is 8.31. The number of nitrogens with one attached hydrogen (secondary N) is 1. The standard InChI is InChI=1S/C32H31ClF2N2O3/c1-2-7-19(18-8-4-3-5-9-18)15-29(38)20-12-13-21(23(14-20)32(39)40)30-22(10-6-11-24(30)33)31-36-27-16-25(34)26(35)17-28(27)37-31/h6,10-14,16-19H,2-5,7-9,15H2,1H3,(H,36,37)(H,39,40). The summed E-state index contributed by atoms with van der Waals surface area (Å²) in [5.74, 6) is -2.16. The number of hydrogen-bond donors (Lipinski definition) is 2. The number of benzene rings is 3. The van der Waals surface area contributed by atoms with Gasteiger partial charge in [-0.2, -0.15) is 0 Å². The highest BCUT2D eigenvalue weighted by Gasteiger charge is 2.27. The topological polar surface area (TPSA) is 83.0 Å². The fraction of sp³-hybridized carbons (Fsp3) is 0.344. The number of fused-ring (bicyclic) bond motifs is 1. The SMILES string of the molecule is CCCC(CC(=O)c1ccc(-c2c(Cl)cccc2-c2nc3cc(F)c(F)cc3[nH]2)c(C(=O)O)c1)C1CCCCC1. The Balaban J connectivity index is 1.53. The molecule has 208 valence electrons. The number of aromatic nitrogens is 2. The molecule has 5 nitrogen and oxygen atoms in total. The maximum atomic E-state index is 13.8. The third kappa shape index (κ3) is 5.66. The summed E-state index contributed by atoms with van der Waals surface area (Å²) in [7, 11) is 0. The van der Waals surface area contributed by atoms with E-state index in [9.17, 15) is 23.5 Å². The molecular formula is C32H31ClF2N2O3. The van der Waals surface area contributed by atoms with Crippen LogP contribution in [0.1, 0.15) is 79.0 Å². The van der Waals surface area contributed by atoms with Crippen molar-refractivity contribution in [3.8, 4) is 22.5 Å². The molecule has 40 heavy (non-hydrogen) atoms. The second-order valence-electron chi connectivity index (χ2n) is 10.7. The zero-order chi connectivity index (χ0) is 28.4. The highest BCUT2D eigenvalue weighted by atomic mass is 35.5. The first kappa shape index (κ1) is 28.0. The van der Waals surface area contributed by atoms with Crippen LogP contribution in [-0.2, 0) is 0 Å². The van der Waals surface area contributed by atoms with E-state index >= 15 is 0 Å². The number of aromatic carboxylic acids is 1. The summed E-state index contributed by atoms with van der Waals surface area (Å²) in [6, 6.07) is 11.7. The van der Waals surface area contributed by atoms with E-state index in [0.717, 1.165) is 37.8 Å². The summed E-state index contributed by atoms with van der Waals surface area (Å²) in [5, 5.41) is 10.4. The normalized spacial score (nSPS) is 14.9. The second-order valence-corrected chi connectivity index (χ2v) is 11.1. The molecule has 1 unspecified atom stereocenters. The smallest absolute Gasteiger partial charge is 0.336 e. The molecule has 1 aromatic heterocycles. The Bertz CT molecular complexity index is 1540. The number of carbonyl (C=O) groups excluding carboxylic acids is 1. The van der Waals surface area contributed by atoms with Gasteiger partial charge in [0, 0.05) is 40.3 Å². The third-order valence-electron chi connectivity index (χ3n) is 8.06. The summed E-state index contributed by atoms with van der Waals surface area (Å²) in [6.45, 7) is 2.13. The summed E-state index contributed by atoms with van der Waals surface area (Å²) < 4.78 is 27.6. The number of nitrogens with zero attached hydrogens (tertiary/aromatic N) is 1. The van der Waals surface area contributed by atoms with Gasteiger partial charge in [-0.1, -0.05) is 87.7 Å². The van der Waals surface area contributed by atoms with E-state index in [1.54, 1.807) is 30.3 Å². The molecule has 1 atom stereocenters. The number of imidazole rings is 1. The van der Waals surface area contributed by atoms with Crippen LogP contribution in [0.25, 0.3) is 33.5 Å². The van der Waals surface area contributed by atoms with E-state index in [2.05, 4.69) is 16.9 Å². The van der Waals surface area contributed by atoms with Gasteiger partial charge in [0.1, 0.15) is 5.82 Å². The average molecular weight is 565 g/mol. The molecule has 1 saturated carbocycles. The molecule has 0 amide bonds. The van der Waals surface area contributed by atoms with Crippen LogP contribution in [-0.4, -0.2) is 26.8 Å². The molecule has 0 spiro atoms. The fourth-order valence-corrected chi connectivity index (χ4v) is 6.35. The van der Waals surface area contributed by atoms with Crippen molar-refractivity contribution in [2.45, 2.75) is 58.3 Å². The Hall–Kier alpha value is -3.58. The lowest BCUT2D eigenvalue weighted by molar-refractivity contribution is 0.0697. The Morgan fingerprint density at radius 1 is 1.05 bits per heavy atom. The van der Waals surface area contributed by atoms with Crippen LogP contribution in [0.5, 0.6) is 0 Å². The van der Waals surface area contributed by atoms with Crippen LogP contribution < -0.4 is 0 Å². The molecule has 5 rings (SSSR count). The molecule has 1 aliphatic rings. The monoisotopic (exact) mass is 564 g/mol. The summed E-state index contributed by atoms with van der Waals surface area (Å²) in [5.41, 5.74) is 2.00. The van der Waals surface area contributed by atoms with Gasteiger partial charge in [0.2, 0.25) is 0 Å². The number of rotatable bonds is 9. The molecular weight excluding hydrogens is 534 g/mol. The molecule has 8 heteroatoms. The van der Waals surface area contributed by atoms with Gasteiger partial charge in [0.25, 0.3) is 0 Å². The molecule has 0 bridgehead atoms. The van der Waals surface area contributed by atoms with Crippen molar-refractivity contribution in [3.05, 3.63) is 76.3 Å². The number of hydrogen-bond acceptors (Lipinski definition) is 3. The van der Waals surface area contributed by atoms with Crippen molar-refractivity contribution in [2.75, 3.05) is 0 Å². The molecule has 0 radical (unpaired) electrons. The Morgan fingerprint density at radius 3 is 2.52 bits per heavy atom. The van der Waals surface area contributed by atoms with Crippen LogP contribution in [0.15, 0.2) is 48.5 Å². The van der Waals surface area contributed by atoms with Crippen molar-refractivity contribution in [2.24, 2.45) is 11.8 Å². The molecule has 2 N–H and O–H groups in total. The van der Waals surface area contributed by atoms with Crippen LogP contribution in [0.4, 0.5) is 8.78 Å². The highest BCUT2D eigenvalue weighted by molar-refractivity contribution is 6.34. The van der Waals surface area contributed by atoms with Gasteiger partial charge in [-0.25, -0.2) is 18.6 Å². The molecule has 0 saturated heterocycles. The van der Waals surface area contributed by atoms with Crippen LogP contribution in [0.3, 0.4) is 0 Å². The predicted octanol–water partition coefficient (Wildman–Crippen LogP) is 9.10. The van der Waals surface area contributed by atoms with E-state index in [1.165, 1.54) is 25.3 Å². The first-order chi connectivity index (χ1) is 19.3. The fourth-order valence-electron chi connectivity index (χ4n) is 6.08. The van der Waals surface area contributed by atoms with Crippen molar-refractivity contribution in [1.82, 2.24) is 9.97 Å². The zero-order valence-electron chi connectivity index (χ0n) is 22.3. The first-order valence-corrected chi connectivity index (χ1v) is 14.2. The van der Waals surface area contributed by atoms with Crippen LogP contribution in [0.2, 0.25) is 5.02 Å². The maximum absolute atomic E-state index is 13.8. The number of H-pyrrole nitrogens is 1. The molecule has 0 aliphatic heterocycles. The maximum Gasteiger partial charge on any atom is 0.336 e. The van der Waals surface area contributed by atoms with E-state index in [4.69, 9.17) is 11.6 Å².